The second kappa shape index (κ2) is 9.12. The van der Waals surface area contributed by atoms with Gasteiger partial charge in [0.25, 0.3) is 10.1 Å². The van der Waals surface area contributed by atoms with Crippen LogP contribution in [0.5, 0.6) is 0 Å². The molecule has 0 radical (unpaired) electrons. The molecule has 0 aliphatic carbocycles. The lowest BCUT2D eigenvalue weighted by Gasteiger charge is -2.08. The second-order valence-corrected chi connectivity index (χ2v) is 11.2. The molecular formula is C18H17N3O9S3. The first-order chi connectivity index (χ1) is 15.3. The number of sulfone groups is 1. The zero-order valence-electron chi connectivity index (χ0n) is 16.6. The van der Waals surface area contributed by atoms with Crippen molar-refractivity contribution in [2.24, 2.45) is 10.2 Å². The van der Waals surface area contributed by atoms with Crippen LogP contribution in [0.15, 0.2) is 74.6 Å². The summed E-state index contributed by atoms with van der Waals surface area (Å²) in [4.78, 5) is -0.452. The molecule has 0 spiro atoms. The van der Waals surface area contributed by atoms with Crippen LogP contribution in [0, 0.1) is 0 Å². The Bertz CT molecular complexity index is 1550. The van der Waals surface area contributed by atoms with Gasteiger partial charge in [0.1, 0.15) is 10.6 Å². The van der Waals surface area contributed by atoms with Gasteiger partial charge in [-0.3, -0.25) is 9.11 Å². The quantitative estimate of drug-likeness (QED) is 0.227. The van der Waals surface area contributed by atoms with Gasteiger partial charge < -0.3 is 5.73 Å². The molecule has 3 aromatic rings. The number of hydrogen-bond acceptors (Lipinski definition) is 10. The predicted molar refractivity (Wildman–Crippen MR) is 118 cm³/mol. The third-order valence-corrected chi connectivity index (χ3v) is 7.42. The summed E-state index contributed by atoms with van der Waals surface area (Å²) in [6.07, 6.45) is 0. The van der Waals surface area contributed by atoms with Gasteiger partial charge in [-0.1, -0.05) is 18.2 Å². The van der Waals surface area contributed by atoms with Gasteiger partial charge in [-0.2, -0.15) is 21.9 Å². The Kier molecular flexibility index (Phi) is 6.83. The van der Waals surface area contributed by atoms with E-state index in [0.717, 1.165) is 0 Å². The van der Waals surface area contributed by atoms with Crippen LogP contribution in [0.1, 0.15) is 0 Å². The van der Waals surface area contributed by atoms with Crippen LogP contribution >= 0.6 is 0 Å². The maximum atomic E-state index is 12.2. The Balaban J connectivity index is 1.88. The van der Waals surface area contributed by atoms with Gasteiger partial charge in [-0.25, -0.2) is 12.6 Å². The van der Waals surface area contributed by atoms with Crippen molar-refractivity contribution in [3.63, 3.8) is 0 Å². The molecule has 0 aromatic heterocycles. The van der Waals surface area contributed by atoms with Crippen molar-refractivity contribution in [3.8, 4) is 0 Å². The maximum Gasteiger partial charge on any atom is 0.397 e. The van der Waals surface area contributed by atoms with Crippen LogP contribution in [0.4, 0.5) is 17.1 Å². The van der Waals surface area contributed by atoms with E-state index in [1.54, 1.807) is 6.07 Å². The minimum atomic E-state index is -4.75. The summed E-state index contributed by atoms with van der Waals surface area (Å²) < 4.78 is 90.7. The fourth-order valence-electron chi connectivity index (χ4n) is 2.86. The Morgan fingerprint density at radius 2 is 1.48 bits per heavy atom. The van der Waals surface area contributed by atoms with Crippen molar-refractivity contribution >= 4 is 58.2 Å². The number of fused-ring (bicyclic) bond motifs is 1. The SMILES string of the molecule is Nc1ccc2c(S(=O)(=O)O)cccc2c1/N=N/c1ccc(S(=O)(=O)CCOS(=O)(=O)O)cc1. The normalized spacial score (nSPS) is 13.0. The number of benzene rings is 3. The molecule has 0 aliphatic rings. The van der Waals surface area contributed by atoms with E-state index in [0.29, 0.717) is 5.39 Å². The molecular weight excluding hydrogens is 498 g/mol. The molecule has 0 saturated heterocycles. The van der Waals surface area contributed by atoms with E-state index in [4.69, 9.17) is 10.3 Å². The predicted octanol–water partition coefficient (Wildman–Crippen LogP) is 2.68. The Hall–Kier alpha value is -2.95. The summed E-state index contributed by atoms with van der Waals surface area (Å²) in [5.41, 5.74) is 6.53. The highest BCUT2D eigenvalue weighted by Gasteiger charge is 2.17. The van der Waals surface area contributed by atoms with E-state index in [-0.39, 0.29) is 32.2 Å². The Morgan fingerprint density at radius 1 is 0.818 bits per heavy atom. The summed E-state index contributed by atoms with van der Waals surface area (Å²) in [5, 5.41) is 8.57. The number of anilines is 1. The number of azo groups is 1. The highest BCUT2D eigenvalue weighted by atomic mass is 32.3. The van der Waals surface area contributed by atoms with Gasteiger partial charge in [-0.15, -0.1) is 5.11 Å². The molecule has 33 heavy (non-hydrogen) atoms. The number of rotatable bonds is 8. The first-order valence-electron chi connectivity index (χ1n) is 8.93. The van der Waals surface area contributed by atoms with Gasteiger partial charge >= 0.3 is 10.4 Å². The van der Waals surface area contributed by atoms with Crippen LogP contribution in [0.2, 0.25) is 0 Å². The zero-order valence-corrected chi connectivity index (χ0v) is 19.0. The van der Waals surface area contributed by atoms with Gasteiger partial charge in [0.15, 0.2) is 9.84 Å². The van der Waals surface area contributed by atoms with Crippen molar-refractivity contribution in [1.29, 1.82) is 0 Å². The highest BCUT2D eigenvalue weighted by molar-refractivity contribution is 7.91. The molecule has 4 N–H and O–H groups in total. The first-order valence-corrected chi connectivity index (χ1v) is 13.4. The molecule has 0 aliphatic heterocycles. The van der Waals surface area contributed by atoms with Crippen LogP contribution in [0.25, 0.3) is 10.8 Å². The maximum absolute atomic E-state index is 12.2. The molecule has 0 unspecified atom stereocenters. The number of nitrogen functional groups attached to an aromatic ring is 1. The summed E-state index contributed by atoms with van der Waals surface area (Å²) in [5.74, 6) is -0.684. The average molecular weight is 516 g/mol. The number of hydrogen-bond donors (Lipinski definition) is 3. The van der Waals surface area contributed by atoms with Crippen LogP contribution in [-0.4, -0.2) is 46.7 Å². The zero-order chi connectivity index (χ0) is 24.4. The lowest BCUT2D eigenvalue weighted by Crippen LogP contribution is -2.15. The Morgan fingerprint density at radius 3 is 2.09 bits per heavy atom. The van der Waals surface area contributed by atoms with Gasteiger partial charge in [0.2, 0.25) is 0 Å². The van der Waals surface area contributed by atoms with Gasteiger partial charge in [-0.05, 0) is 36.4 Å². The van der Waals surface area contributed by atoms with E-state index in [9.17, 15) is 29.8 Å². The topological polar surface area (TPSA) is 203 Å². The van der Waals surface area contributed by atoms with E-state index >= 15 is 0 Å². The summed E-state index contributed by atoms with van der Waals surface area (Å²) >= 11 is 0. The second-order valence-electron chi connectivity index (χ2n) is 6.59. The van der Waals surface area contributed by atoms with Gasteiger partial charge in [0.05, 0.1) is 28.6 Å². The van der Waals surface area contributed by atoms with Gasteiger partial charge in [0, 0.05) is 10.8 Å². The summed E-state index contributed by atoms with van der Waals surface area (Å²) in [6, 6.07) is 12.2. The van der Waals surface area contributed by atoms with E-state index in [1.807, 2.05) is 0 Å². The molecule has 0 atom stereocenters. The van der Waals surface area contributed by atoms with E-state index in [1.165, 1.54) is 48.5 Å². The van der Waals surface area contributed by atoms with Crippen molar-refractivity contribution < 1.29 is 38.5 Å². The average Bonchev–Trinajstić information content (AvgIpc) is 2.71. The number of nitrogens with two attached hydrogens (primary N) is 1. The largest absolute Gasteiger partial charge is 0.397 e. The fourth-order valence-corrected chi connectivity index (χ4v) is 5.06. The molecule has 15 heteroatoms. The Labute approximate surface area is 189 Å². The van der Waals surface area contributed by atoms with E-state index in [2.05, 4.69) is 14.4 Å². The number of nitrogens with zero attached hydrogens (tertiary/aromatic N) is 2. The van der Waals surface area contributed by atoms with Crippen molar-refractivity contribution in [2.75, 3.05) is 18.1 Å². The summed E-state index contributed by atoms with van der Waals surface area (Å²) in [7, 11) is -13.1. The molecule has 0 heterocycles. The van der Waals surface area contributed by atoms with E-state index < -0.39 is 42.7 Å². The monoisotopic (exact) mass is 515 g/mol. The molecule has 12 nitrogen and oxygen atoms in total. The molecule has 0 fully saturated rings. The lowest BCUT2D eigenvalue weighted by atomic mass is 10.1. The molecule has 0 bridgehead atoms. The molecule has 3 aromatic carbocycles. The standard InChI is InChI=1S/C18H17N3O9S3/c19-16-9-8-14-15(2-1-3-17(14)32(24,25)26)18(16)21-20-12-4-6-13(7-5-12)31(22,23)11-10-30-33(27,28)29/h1-9H,10-11,19H2,(H,24,25,26)(H,27,28,29)/b21-20+. The minimum Gasteiger partial charge on any atom is -0.397 e. The van der Waals surface area contributed by atoms with Crippen molar-refractivity contribution in [1.82, 2.24) is 0 Å². The third kappa shape index (κ3) is 6.10. The first kappa shape index (κ1) is 24.7. The molecule has 0 saturated carbocycles. The van der Waals surface area contributed by atoms with Crippen molar-refractivity contribution in [2.45, 2.75) is 9.79 Å². The minimum absolute atomic E-state index is 0.136. The van der Waals surface area contributed by atoms with Crippen LogP contribution < -0.4 is 5.73 Å². The lowest BCUT2D eigenvalue weighted by molar-refractivity contribution is 0.284. The van der Waals surface area contributed by atoms with Crippen molar-refractivity contribution in [3.05, 3.63) is 54.6 Å². The van der Waals surface area contributed by atoms with Crippen LogP contribution in [0.3, 0.4) is 0 Å². The molecule has 3 rings (SSSR count). The smallest absolute Gasteiger partial charge is 0.397 e. The fraction of sp³-hybridized carbons (Fsp3) is 0.111. The summed E-state index contributed by atoms with van der Waals surface area (Å²) in [6.45, 7) is -0.755. The molecule has 176 valence electrons. The van der Waals surface area contributed by atoms with Crippen LogP contribution in [-0.2, 0) is 34.5 Å². The highest BCUT2D eigenvalue weighted by Crippen LogP contribution is 2.36. The molecule has 0 amide bonds. The third-order valence-electron chi connectivity index (χ3n) is 4.35.